The minimum Gasteiger partial charge on any atom is -0.495 e. The van der Waals surface area contributed by atoms with Crippen LogP contribution in [0.3, 0.4) is 0 Å². The molecule has 0 spiro atoms. The summed E-state index contributed by atoms with van der Waals surface area (Å²) in [6, 6.07) is 7.52. The molecular formula is C14H16BrN5O. The molecule has 0 saturated heterocycles. The monoisotopic (exact) mass is 349 g/mol. The van der Waals surface area contributed by atoms with Crippen LogP contribution in [0.4, 0.5) is 17.3 Å². The first-order valence-electron chi connectivity index (χ1n) is 6.66. The maximum absolute atomic E-state index is 5.48. The first-order chi connectivity index (χ1) is 10.2. The molecule has 1 aliphatic carbocycles. The van der Waals surface area contributed by atoms with Gasteiger partial charge in [-0.1, -0.05) is 15.9 Å². The molecule has 1 saturated carbocycles. The van der Waals surface area contributed by atoms with E-state index in [1.54, 1.807) is 13.2 Å². The molecule has 1 heterocycles. The molecule has 110 valence electrons. The molecule has 0 radical (unpaired) electrons. The number of nitrogens with zero attached hydrogens (tertiary/aromatic N) is 2. The van der Waals surface area contributed by atoms with Gasteiger partial charge < -0.3 is 15.5 Å². The molecule has 6 nitrogen and oxygen atoms in total. The van der Waals surface area contributed by atoms with Gasteiger partial charge in [-0.3, -0.25) is 0 Å². The number of hydrogen-bond acceptors (Lipinski definition) is 6. The van der Waals surface area contributed by atoms with E-state index in [1.165, 1.54) is 0 Å². The number of benzene rings is 1. The number of rotatable bonds is 5. The fraction of sp³-hybridized carbons (Fsp3) is 0.286. The molecular weight excluding hydrogens is 334 g/mol. The van der Waals surface area contributed by atoms with E-state index in [9.17, 15) is 0 Å². The van der Waals surface area contributed by atoms with E-state index in [0.717, 1.165) is 34.6 Å². The highest BCUT2D eigenvalue weighted by molar-refractivity contribution is 9.10. The van der Waals surface area contributed by atoms with Crippen molar-refractivity contribution in [3.8, 4) is 5.75 Å². The van der Waals surface area contributed by atoms with Crippen LogP contribution in [0.25, 0.3) is 0 Å². The van der Waals surface area contributed by atoms with Crippen molar-refractivity contribution in [2.45, 2.75) is 18.8 Å². The largest absolute Gasteiger partial charge is 0.495 e. The van der Waals surface area contributed by atoms with Gasteiger partial charge in [-0.25, -0.2) is 15.8 Å². The summed E-state index contributed by atoms with van der Waals surface area (Å²) in [7, 11) is 1.64. The lowest BCUT2D eigenvalue weighted by Gasteiger charge is -2.12. The normalized spacial score (nSPS) is 13.9. The van der Waals surface area contributed by atoms with Gasteiger partial charge in [0.05, 0.1) is 12.8 Å². The zero-order valence-corrected chi connectivity index (χ0v) is 13.1. The standard InChI is InChI=1S/C14H16BrN5O/c1-21-11-5-4-9(15)6-10(11)17-12-7-13(20-16)19-14(18-12)8-2-3-8/h4-8H,2-3,16H2,1H3,(H2,17,18,19,20). The topological polar surface area (TPSA) is 85.1 Å². The lowest BCUT2D eigenvalue weighted by molar-refractivity contribution is 0.416. The summed E-state index contributed by atoms with van der Waals surface area (Å²) in [6.45, 7) is 0. The van der Waals surface area contributed by atoms with Gasteiger partial charge in [0.15, 0.2) is 0 Å². The number of ether oxygens (including phenoxy) is 1. The zero-order valence-electron chi connectivity index (χ0n) is 11.6. The number of nitrogens with two attached hydrogens (primary N) is 1. The molecule has 21 heavy (non-hydrogen) atoms. The van der Waals surface area contributed by atoms with Crippen molar-refractivity contribution < 1.29 is 4.74 Å². The molecule has 7 heteroatoms. The smallest absolute Gasteiger partial charge is 0.145 e. The number of anilines is 3. The Bertz CT molecular complexity index is 660. The first-order valence-corrected chi connectivity index (χ1v) is 7.45. The van der Waals surface area contributed by atoms with E-state index in [-0.39, 0.29) is 0 Å². The van der Waals surface area contributed by atoms with E-state index in [4.69, 9.17) is 10.6 Å². The summed E-state index contributed by atoms with van der Waals surface area (Å²) >= 11 is 3.45. The van der Waals surface area contributed by atoms with Crippen LogP contribution in [0.15, 0.2) is 28.7 Å². The Morgan fingerprint density at radius 2 is 2.00 bits per heavy atom. The molecule has 3 rings (SSSR count). The van der Waals surface area contributed by atoms with Crippen molar-refractivity contribution >= 4 is 33.3 Å². The average Bonchev–Trinajstić information content (AvgIpc) is 3.32. The molecule has 1 aromatic carbocycles. The number of hydrazine groups is 1. The third kappa shape index (κ3) is 3.25. The molecule has 0 aliphatic heterocycles. The maximum atomic E-state index is 5.48. The van der Waals surface area contributed by atoms with Gasteiger partial charge in [0.2, 0.25) is 0 Å². The molecule has 0 unspecified atom stereocenters. The van der Waals surface area contributed by atoms with Crippen LogP contribution in [0.2, 0.25) is 0 Å². The average molecular weight is 350 g/mol. The second-order valence-corrected chi connectivity index (χ2v) is 5.80. The first kappa shape index (κ1) is 14.1. The summed E-state index contributed by atoms with van der Waals surface area (Å²) in [5, 5.41) is 3.26. The van der Waals surface area contributed by atoms with Crippen molar-refractivity contribution in [1.29, 1.82) is 0 Å². The lowest BCUT2D eigenvalue weighted by atomic mass is 10.3. The predicted octanol–water partition coefficient (Wildman–Crippen LogP) is 3.15. The fourth-order valence-electron chi connectivity index (χ4n) is 2.04. The second-order valence-electron chi connectivity index (χ2n) is 4.88. The van der Waals surface area contributed by atoms with Crippen LogP contribution < -0.4 is 21.3 Å². The minimum absolute atomic E-state index is 0.447. The Kier molecular flexibility index (Phi) is 3.94. The van der Waals surface area contributed by atoms with Gasteiger partial charge >= 0.3 is 0 Å². The van der Waals surface area contributed by atoms with Crippen LogP contribution in [-0.2, 0) is 0 Å². The Morgan fingerprint density at radius 3 is 2.67 bits per heavy atom. The van der Waals surface area contributed by atoms with E-state index in [1.807, 2.05) is 18.2 Å². The van der Waals surface area contributed by atoms with Crippen LogP contribution in [-0.4, -0.2) is 17.1 Å². The molecule has 0 bridgehead atoms. The predicted molar refractivity (Wildman–Crippen MR) is 85.8 cm³/mol. The summed E-state index contributed by atoms with van der Waals surface area (Å²) in [4.78, 5) is 8.94. The molecule has 1 aliphatic rings. The Labute approximate surface area is 131 Å². The van der Waals surface area contributed by atoms with E-state index in [0.29, 0.717) is 17.6 Å². The van der Waals surface area contributed by atoms with E-state index >= 15 is 0 Å². The van der Waals surface area contributed by atoms with E-state index < -0.39 is 0 Å². The Morgan fingerprint density at radius 1 is 1.24 bits per heavy atom. The van der Waals surface area contributed by atoms with Crippen molar-refractivity contribution in [2.24, 2.45) is 5.84 Å². The molecule has 4 N–H and O–H groups in total. The number of nitrogens with one attached hydrogen (secondary N) is 2. The van der Waals surface area contributed by atoms with Gasteiger partial charge in [0, 0.05) is 16.5 Å². The van der Waals surface area contributed by atoms with Gasteiger partial charge in [-0.05, 0) is 31.0 Å². The number of hydrogen-bond donors (Lipinski definition) is 3. The molecule has 0 atom stereocenters. The van der Waals surface area contributed by atoms with Crippen LogP contribution in [0, 0.1) is 0 Å². The highest BCUT2D eigenvalue weighted by Crippen LogP contribution is 2.39. The van der Waals surface area contributed by atoms with Crippen molar-refractivity contribution in [3.63, 3.8) is 0 Å². The van der Waals surface area contributed by atoms with Gasteiger partial charge in [-0.15, -0.1) is 0 Å². The third-order valence-electron chi connectivity index (χ3n) is 3.26. The summed E-state index contributed by atoms with van der Waals surface area (Å²) in [6.07, 6.45) is 2.27. The minimum atomic E-state index is 0.447. The summed E-state index contributed by atoms with van der Waals surface area (Å²) in [5.74, 6) is 8.78. The van der Waals surface area contributed by atoms with Gasteiger partial charge in [0.1, 0.15) is 23.2 Å². The fourth-order valence-corrected chi connectivity index (χ4v) is 2.40. The highest BCUT2D eigenvalue weighted by atomic mass is 79.9. The molecule has 1 fully saturated rings. The van der Waals surface area contributed by atoms with Crippen LogP contribution in [0.5, 0.6) is 5.75 Å². The quantitative estimate of drug-likeness (QED) is 0.567. The third-order valence-corrected chi connectivity index (χ3v) is 3.75. The number of methoxy groups -OCH3 is 1. The van der Waals surface area contributed by atoms with Gasteiger partial charge in [-0.2, -0.15) is 0 Å². The lowest BCUT2D eigenvalue weighted by Crippen LogP contribution is -2.11. The maximum Gasteiger partial charge on any atom is 0.145 e. The van der Waals surface area contributed by atoms with E-state index in [2.05, 4.69) is 36.6 Å². The molecule has 2 aromatic rings. The van der Waals surface area contributed by atoms with Crippen LogP contribution in [0.1, 0.15) is 24.6 Å². The van der Waals surface area contributed by atoms with Crippen molar-refractivity contribution in [2.75, 3.05) is 17.9 Å². The molecule has 1 aromatic heterocycles. The zero-order chi connectivity index (χ0) is 14.8. The Hall–Kier alpha value is -1.86. The SMILES string of the molecule is COc1ccc(Br)cc1Nc1cc(NN)nc(C2CC2)n1. The van der Waals surface area contributed by atoms with Crippen LogP contribution >= 0.6 is 15.9 Å². The number of nitrogen functional groups attached to an aromatic ring is 1. The van der Waals surface area contributed by atoms with Crippen molar-refractivity contribution in [1.82, 2.24) is 9.97 Å². The molecule has 0 amide bonds. The number of aromatic nitrogens is 2. The summed E-state index contributed by atoms with van der Waals surface area (Å²) < 4.78 is 6.31. The Balaban J connectivity index is 1.93. The highest BCUT2D eigenvalue weighted by Gasteiger charge is 2.27. The van der Waals surface area contributed by atoms with Crippen molar-refractivity contribution in [3.05, 3.63) is 34.6 Å². The second kappa shape index (κ2) is 5.87. The van der Waals surface area contributed by atoms with Gasteiger partial charge in [0.25, 0.3) is 0 Å². The summed E-state index contributed by atoms with van der Waals surface area (Å²) in [5.41, 5.74) is 3.41. The number of halogens is 1.